The number of aliphatic carboxylic acids is 1. The molecule has 0 aliphatic carbocycles. The van der Waals surface area contributed by atoms with Crippen LogP contribution in [0.15, 0.2) is 0 Å². The summed E-state index contributed by atoms with van der Waals surface area (Å²) in [5, 5.41) is 10.9. The monoisotopic (exact) mass is 219 g/mol. The highest BCUT2D eigenvalue weighted by molar-refractivity contribution is 5.76. The molecule has 0 aliphatic rings. The van der Waals surface area contributed by atoms with Gasteiger partial charge in [-0.2, -0.15) is 0 Å². The predicted molar refractivity (Wildman–Crippen MR) is 52.3 cm³/mol. The number of carbonyl (C=O) groups is 2. The molecule has 0 radical (unpaired) electrons. The molecule has 0 rings (SSSR count). The summed E-state index contributed by atoms with van der Waals surface area (Å²) in [5.41, 5.74) is 0. The van der Waals surface area contributed by atoms with Gasteiger partial charge >= 0.3 is 5.97 Å². The molecule has 88 valence electrons. The van der Waals surface area contributed by atoms with Crippen molar-refractivity contribution in [1.82, 2.24) is 5.32 Å². The summed E-state index contributed by atoms with van der Waals surface area (Å²) < 4.78 is 9.72. The van der Waals surface area contributed by atoms with E-state index in [0.29, 0.717) is 6.42 Å². The number of ether oxygens (including phenoxy) is 2. The van der Waals surface area contributed by atoms with Gasteiger partial charge in [0.1, 0.15) is 0 Å². The van der Waals surface area contributed by atoms with Crippen LogP contribution in [0.3, 0.4) is 0 Å². The highest BCUT2D eigenvalue weighted by Crippen LogP contribution is 1.95. The lowest BCUT2D eigenvalue weighted by atomic mass is 10.2. The average Bonchev–Trinajstić information content (AvgIpc) is 2.18. The molecular weight excluding hydrogens is 202 g/mol. The Morgan fingerprint density at radius 1 is 1.27 bits per heavy atom. The lowest BCUT2D eigenvalue weighted by molar-refractivity contribution is -0.137. The largest absolute Gasteiger partial charge is 0.481 e. The second-order valence-electron chi connectivity index (χ2n) is 2.95. The first-order valence-electron chi connectivity index (χ1n) is 4.64. The van der Waals surface area contributed by atoms with Crippen molar-refractivity contribution < 1.29 is 24.2 Å². The Hall–Kier alpha value is -1.14. The van der Waals surface area contributed by atoms with E-state index in [1.807, 2.05) is 0 Å². The van der Waals surface area contributed by atoms with Gasteiger partial charge in [-0.3, -0.25) is 9.59 Å². The number of carboxylic acid groups (broad SMARTS) is 1. The van der Waals surface area contributed by atoms with Crippen molar-refractivity contribution in [2.24, 2.45) is 0 Å². The van der Waals surface area contributed by atoms with Crippen LogP contribution < -0.4 is 5.32 Å². The molecule has 15 heavy (non-hydrogen) atoms. The SMILES string of the molecule is COC(CNC(=O)CCCC(=O)O)OC. The van der Waals surface area contributed by atoms with Crippen LogP contribution in [0.1, 0.15) is 19.3 Å². The molecule has 0 aromatic rings. The minimum Gasteiger partial charge on any atom is -0.481 e. The molecule has 0 spiro atoms. The third-order valence-electron chi connectivity index (χ3n) is 1.79. The van der Waals surface area contributed by atoms with E-state index >= 15 is 0 Å². The van der Waals surface area contributed by atoms with Gasteiger partial charge in [0.2, 0.25) is 5.91 Å². The average molecular weight is 219 g/mol. The maximum Gasteiger partial charge on any atom is 0.303 e. The van der Waals surface area contributed by atoms with Gasteiger partial charge in [-0.1, -0.05) is 0 Å². The molecule has 6 heteroatoms. The van der Waals surface area contributed by atoms with Gasteiger partial charge < -0.3 is 19.9 Å². The first-order valence-corrected chi connectivity index (χ1v) is 4.64. The molecule has 0 aliphatic heterocycles. The van der Waals surface area contributed by atoms with Crippen LogP contribution in [-0.2, 0) is 19.1 Å². The Labute approximate surface area is 88.6 Å². The van der Waals surface area contributed by atoms with Gasteiger partial charge in [0, 0.05) is 27.1 Å². The minimum atomic E-state index is -0.894. The molecule has 1 amide bonds. The van der Waals surface area contributed by atoms with Crippen LogP contribution in [0.4, 0.5) is 0 Å². The quantitative estimate of drug-likeness (QED) is 0.560. The van der Waals surface area contributed by atoms with Gasteiger partial charge in [-0.05, 0) is 6.42 Å². The molecule has 0 aromatic carbocycles. The zero-order valence-corrected chi connectivity index (χ0v) is 8.99. The van der Waals surface area contributed by atoms with Gasteiger partial charge in [0.15, 0.2) is 6.29 Å². The van der Waals surface area contributed by atoms with E-state index < -0.39 is 12.3 Å². The zero-order valence-electron chi connectivity index (χ0n) is 8.99. The van der Waals surface area contributed by atoms with Crippen molar-refractivity contribution in [3.63, 3.8) is 0 Å². The molecule has 0 aromatic heterocycles. The van der Waals surface area contributed by atoms with E-state index in [0.717, 1.165) is 0 Å². The number of amides is 1. The number of carbonyl (C=O) groups excluding carboxylic acids is 1. The van der Waals surface area contributed by atoms with Gasteiger partial charge in [-0.25, -0.2) is 0 Å². The predicted octanol–water partition coefficient (Wildman–Crippen LogP) is -0.0236. The fraction of sp³-hybridized carbons (Fsp3) is 0.778. The summed E-state index contributed by atoms with van der Waals surface area (Å²) in [7, 11) is 2.95. The van der Waals surface area contributed by atoms with Crippen molar-refractivity contribution >= 4 is 11.9 Å². The van der Waals surface area contributed by atoms with Crippen molar-refractivity contribution in [3.05, 3.63) is 0 Å². The first kappa shape index (κ1) is 13.9. The summed E-state index contributed by atoms with van der Waals surface area (Å²) >= 11 is 0. The van der Waals surface area contributed by atoms with Crippen LogP contribution in [0.2, 0.25) is 0 Å². The van der Waals surface area contributed by atoms with Gasteiger partial charge in [0.25, 0.3) is 0 Å². The fourth-order valence-corrected chi connectivity index (χ4v) is 0.949. The lowest BCUT2D eigenvalue weighted by Gasteiger charge is -2.13. The van der Waals surface area contributed by atoms with Gasteiger partial charge in [0.05, 0.1) is 6.54 Å². The number of hydrogen-bond donors (Lipinski definition) is 2. The van der Waals surface area contributed by atoms with E-state index in [2.05, 4.69) is 5.32 Å². The van der Waals surface area contributed by atoms with Crippen LogP contribution in [-0.4, -0.2) is 44.0 Å². The maximum atomic E-state index is 11.1. The van der Waals surface area contributed by atoms with Crippen LogP contribution in [0.25, 0.3) is 0 Å². The number of carboxylic acids is 1. The number of rotatable bonds is 8. The second kappa shape index (κ2) is 8.19. The number of nitrogens with one attached hydrogen (secondary N) is 1. The molecule has 0 heterocycles. The van der Waals surface area contributed by atoms with E-state index in [9.17, 15) is 9.59 Å². The smallest absolute Gasteiger partial charge is 0.303 e. The Morgan fingerprint density at radius 2 is 1.87 bits per heavy atom. The number of hydrogen-bond acceptors (Lipinski definition) is 4. The molecule has 0 saturated carbocycles. The summed E-state index contributed by atoms with van der Waals surface area (Å²) in [6.07, 6.45) is 0.0809. The van der Waals surface area contributed by atoms with E-state index in [1.165, 1.54) is 14.2 Å². The first-order chi connectivity index (χ1) is 7.10. The molecule has 0 unspecified atom stereocenters. The third-order valence-corrected chi connectivity index (χ3v) is 1.79. The van der Waals surface area contributed by atoms with Crippen LogP contribution in [0.5, 0.6) is 0 Å². The van der Waals surface area contributed by atoms with E-state index in [1.54, 1.807) is 0 Å². The van der Waals surface area contributed by atoms with E-state index in [-0.39, 0.29) is 25.3 Å². The Morgan fingerprint density at radius 3 is 2.33 bits per heavy atom. The minimum absolute atomic E-state index is 0.00536. The van der Waals surface area contributed by atoms with Gasteiger partial charge in [-0.15, -0.1) is 0 Å². The Bertz CT molecular complexity index is 203. The summed E-state index contributed by atoms with van der Waals surface area (Å²) in [6.45, 7) is 0.263. The molecular formula is C9H17NO5. The maximum absolute atomic E-state index is 11.1. The Balaban J connectivity index is 3.52. The van der Waals surface area contributed by atoms with Crippen LogP contribution in [0, 0.1) is 0 Å². The highest BCUT2D eigenvalue weighted by atomic mass is 16.7. The van der Waals surface area contributed by atoms with Crippen LogP contribution >= 0.6 is 0 Å². The van der Waals surface area contributed by atoms with E-state index in [4.69, 9.17) is 14.6 Å². The molecule has 0 atom stereocenters. The van der Waals surface area contributed by atoms with Crippen molar-refractivity contribution in [2.45, 2.75) is 25.6 Å². The standard InChI is InChI=1S/C9H17NO5/c1-14-9(15-2)6-10-7(11)4-3-5-8(12)13/h9H,3-6H2,1-2H3,(H,10,11)(H,12,13). The highest BCUT2D eigenvalue weighted by Gasteiger charge is 2.08. The number of methoxy groups -OCH3 is 2. The fourth-order valence-electron chi connectivity index (χ4n) is 0.949. The van der Waals surface area contributed by atoms with Crippen molar-refractivity contribution in [2.75, 3.05) is 20.8 Å². The third kappa shape index (κ3) is 7.90. The molecule has 2 N–H and O–H groups in total. The molecule has 0 bridgehead atoms. The lowest BCUT2D eigenvalue weighted by Crippen LogP contribution is -2.34. The topological polar surface area (TPSA) is 84.9 Å². The van der Waals surface area contributed by atoms with Crippen molar-refractivity contribution in [3.8, 4) is 0 Å². The van der Waals surface area contributed by atoms with Crippen molar-refractivity contribution in [1.29, 1.82) is 0 Å². The summed E-state index contributed by atoms with van der Waals surface area (Å²) in [5.74, 6) is -1.09. The summed E-state index contributed by atoms with van der Waals surface area (Å²) in [4.78, 5) is 21.3. The normalized spacial score (nSPS) is 10.3. The molecule has 0 saturated heterocycles. The zero-order chi connectivity index (χ0) is 11.7. The molecule has 0 fully saturated rings. The summed E-state index contributed by atoms with van der Waals surface area (Å²) in [6, 6.07) is 0. The second-order valence-corrected chi connectivity index (χ2v) is 2.95. The molecule has 6 nitrogen and oxygen atoms in total. The Kier molecular flexibility index (Phi) is 7.57.